The van der Waals surface area contributed by atoms with Crippen LogP contribution in [0.1, 0.15) is 91.9 Å². The molecule has 0 fully saturated rings. The van der Waals surface area contributed by atoms with Crippen molar-refractivity contribution in [2.24, 2.45) is 39.9 Å². The third kappa shape index (κ3) is 26.3. The third-order valence-electron chi connectivity index (χ3n) is 8.63. The zero-order valence-electron chi connectivity index (χ0n) is 35.4. The van der Waals surface area contributed by atoms with Crippen LogP contribution >= 0.6 is 0 Å². The largest absolute Gasteiger partial charge is 0.388 e. The lowest BCUT2D eigenvalue weighted by molar-refractivity contribution is 0.359. The molecule has 0 bridgehead atoms. The van der Waals surface area contributed by atoms with Gasteiger partial charge in [0.05, 0.1) is 39.3 Å². The van der Waals surface area contributed by atoms with Gasteiger partial charge >= 0.3 is 0 Å². The summed E-state index contributed by atoms with van der Waals surface area (Å²) >= 11 is 0. The number of aliphatic imine (C=N–C) groups is 8. The van der Waals surface area contributed by atoms with E-state index >= 15 is 0 Å². The molecule has 2 aliphatic rings. The molecule has 12 nitrogen and oxygen atoms in total. The number of nitrogens with zero attached hydrogens (tertiary/aromatic N) is 10. The van der Waals surface area contributed by atoms with Gasteiger partial charge in [-0.05, 0) is 38.5 Å². The smallest absolute Gasteiger partial charge is 0.0585 e. The lowest BCUT2D eigenvalue weighted by atomic mass is 10.2. The highest BCUT2D eigenvalue weighted by atomic mass is 15.1. The molecule has 2 heterocycles. The molecule has 56 heavy (non-hydrogen) atoms. The van der Waals surface area contributed by atoms with E-state index in [0.717, 1.165) is 87.5 Å². The predicted molar refractivity (Wildman–Crippen MR) is 247 cm³/mol. The Morgan fingerprint density at radius 1 is 0.482 bits per heavy atom. The minimum Gasteiger partial charge on any atom is -0.388 e. The van der Waals surface area contributed by atoms with Crippen LogP contribution in [-0.4, -0.2) is 151 Å². The maximum Gasteiger partial charge on any atom is 0.0585 e. The molecule has 0 spiro atoms. The highest BCUT2D eigenvalue weighted by Gasteiger charge is 2.03. The van der Waals surface area contributed by atoms with Crippen molar-refractivity contribution >= 4 is 49.7 Å². The summed E-state index contributed by atoms with van der Waals surface area (Å²) in [5.74, 6) is 0. The van der Waals surface area contributed by atoms with Gasteiger partial charge in [-0.25, -0.2) is 0 Å². The van der Waals surface area contributed by atoms with E-state index in [1.165, 1.54) is 51.4 Å². The fourth-order valence-corrected chi connectivity index (χ4v) is 5.40. The average molecular weight is 771 g/mol. The van der Waals surface area contributed by atoms with Gasteiger partial charge in [0.2, 0.25) is 0 Å². The van der Waals surface area contributed by atoms with Crippen molar-refractivity contribution in [3.8, 4) is 0 Å². The van der Waals surface area contributed by atoms with Crippen molar-refractivity contribution in [1.29, 1.82) is 0 Å². The zero-order chi connectivity index (χ0) is 40.0. The second-order valence-electron chi connectivity index (χ2n) is 13.9. The van der Waals surface area contributed by atoms with E-state index in [4.69, 9.17) is 0 Å². The third-order valence-corrected chi connectivity index (χ3v) is 8.63. The molecule has 0 unspecified atom stereocenters. The molecule has 12 heteroatoms. The van der Waals surface area contributed by atoms with Crippen LogP contribution in [-0.2, 0) is 0 Å². The molecule has 2 rings (SSSR count). The number of allylic oxidation sites excluding steroid dienone is 4. The van der Waals surface area contributed by atoms with Crippen LogP contribution in [0.25, 0.3) is 0 Å². The van der Waals surface area contributed by atoms with E-state index in [1.807, 2.05) is 62.1 Å². The van der Waals surface area contributed by atoms with E-state index in [9.17, 15) is 0 Å². The molecular weight excluding hydrogens is 697 g/mol. The summed E-state index contributed by atoms with van der Waals surface area (Å²) in [5, 5.41) is 6.74. The Labute approximate surface area is 339 Å². The Morgan fingerprint density at radius 2 is 0.821 bits per heavy atom. The molecule has 0 amide bonds. The molecule has 0 saturated carbocycles. The summed E-state index contributed by atoms with van der Waals surface area (Å²) in [6, 6.07) is 0. The molecule has 0 aliphatic carbocycles. The minimum atomic E-state index is 0.619. The van der Waals surface area contributed by atoms with Crippen LogP contribution in [0.2, 0.25) is 0 Å². The quantitative estimate of drug-likeness (QED) is 0.0975. The van der Waals surface area contributed by atoms with Crippen molar-refractivity contribution in [2.45, 2.75) is 91.9 Å². The fourth-order valence-electron chi connectivity index (χ4n) is 5.40. The monoisotopic (exact) mass is 771 g/mol. The summed E-state index contributed by atoms with van der Waals surface area (Å²) in [6.07, 6.45) is 35.1. The molecule has 2 aliphatic heterocycles. The molecule has 0 aromatic carbocycles. The number of hydrogen-bond acceptors (Lipinski definition) is 12. The molecule has 0 radical (unpaired) electrons. The molecule has 0 aromatic rings. The lowest BCUT2D eigenvalue weighted by Crippen LogP contribution is -2.21. The van der Waals surface area contributed by atoms with E-state index in [-0.39, 0.29) is 0 Å². The first-order valence-corrected chi connectivity index (χ1v) is 21.5. The van der Waals surface area contributed by atoms with Crippen LogP contribution in [0.5, 0.6) is 0 Å². The fraction of sp³-hybridized carbons (Fsp3) is 0.636. The van der Waals surface area contributed by atoms with Gasteiger partial charge in [-0.3, -0.25) is 39.9 Å². The van der Waals surface area contributed by atoms with Crippen LogP contribution < -0.4 is 10.6 Å². The summed E-state index contributed by atoms with van der Waals surface area (Å²) in [7, 11) is 0. The highest BCUT2D eigenvalue weighted by molar-refractivity contribution is 6.05. The van der Waals surface area contributed by atoms with Crippen molar-refractivity contribution in [3.05, 3.63) is 47.1 Å². The molecule has 0 aromatic heterocycles. The first-order chi connectivity index (χ1) is 27.7. The summed E-state index contributed by atoms with van der Waals surface area (Å²) < 4.78 is 0. The molecule has 0 saturated heterocycles. The van der Waals surface area contributed by atoms with Gasteiger partial charge in [0.25, 0.3) is 0 Å². The van der Waals surface area contributed by atoms with Crippen molar-refractivity contribution in [1.82, 2.24) is 20.4 Å². The van der Waals surface area contributed by atoms with Gasteiger partial charge < -0.3 is 20.4 Å². The van der Waals surface area contributed by atoms with Crippen molar-refractivity contribution in [3.63, 3.8) is 0 Å². The van der Waals surface area contributed by atoms with E-state index in [1.54, 1.807) is 0 Å². The van der Waals surface area contributed by atoms with Gasteiger partial charge in [0, 0.05) is 149 Å². The van der Waals surface area contributed by atoms with E-state index in [2.05, 4.69) is 100 Å². The van der Waals surface area contributed by atoms with Crippen LogP contribution in [0.4, 0.5) is 0 Å². The number of nitrogens with one attached hydrogen (secondary N) is 2. The minimum absolute atomic E-state index is 0.619. The van der Waals surface area contributed by atoms with Gasteiger partial charge in [0.1, 0.15) is 0 Å². The Bertz CT molecular complexity index is 1260. The van der Waals surface area contributed by atoms with Gasteiger partial charge in [0.15, 0.2) is 0 Å². The molecule has 2 N–H and O–H groups in total. The van der Waals surface area contributed by atoms with Crippen LogP contribution in [0, 0.1) is 0 Å². The first kappa shape index (κ1) is 47.7. The molecule has 310 valence electrons. The van der Waals surface area contributed by atoms with Gasteiger partial charge in [-0.2, -0.15) is 0 Å². The van der Waals surface area contributed by atoms with Gasteiger partial charge in [-0.15, -0.1) is 0 Å². The van der Waals surface area contributed by atoms with E-state index in [0.29, 0.717) is 39.3 Å². The summed E-state index contributed by atoms with van der Waals surface area (Å²) in [6.45, 7) is 20.0. The number of unbranched alkanes of at least 4 members (excludes halogenated alkanes) is 5. The SMILES string of the molecule is CCCCN(/C=C1\C=NCCN=C/C(C=NCCCCN=C/C2=C/NCCN=C/C(=C\N(CCCC)CCCC)C=NCCN=C2)=C\NCCN=C1)CCCC. The Kier molecular flexibility index (Phi) is 29.8. The average Bonchev–Trinajstić information content (AvgIpc) is 3.21. The van der Waals surface area contributed by atoms with Crippen molar-refractivity contribution in [2.75, 3.05) is 91.6 Å². The second kappa shape index (κ2) is 35.0. The Morgan fingerprint density at radius 3 is 1.18 bits per heavy atom. The normalized spacial score (nSPS) is 19.7. The van der Waals surface area contributed by atoms with Gasteiger partial charge in [-0.1, -0.05) is 53.4 Å². The zero-order valence-corrected chi connectivity index (χ0v) is 35.4. The summed E-state index contributed by atoms with van der Waals surface area (Å²) in [5.41, 5.74) is 3.96. The summed E-state index contributed by atoms with van der Waals surface area (Å²) in [4.78, 5) is 42.0. The number of hydrogen-bond donors (Lipinski definition) is 2. The van der Waals surface area contributed by atoms with Crippen LogP contribution in [0.15, 0.2) is 87.0 Å². The maximum atomic E-state index is 4.66. The second-order valence-corrected chi connectivity index (χ2v) is 13.9. The molecular formula is C44H74N12. The molecule has 0 atom stereocenters. The Hall–Kier alpha value is -4.48. The van der Waals surface area contributed by atoms with Crippen LogP contribution in [0.3, 0.4) is 0 Å². The van der Waals surface area contributed by atoms with Crippen molar-refractivity contribution < 1.29 is 0 Å². The van der Waals surface area contributed by atoms with E-state index < -0.39 is 0 Å². The number of rotatable bonds is 21. The maximum absolute atomic E-state index is 4.66. The topological polar surface area (TPSA) is 129 Å². The lowest BCUT2D eigenvalue weighted by Gasteiger charge is -2.20. The standard InChI is InChI=1S/C44H74N12/c1-5-9-25-55(26-10-6-2)39-43-35-51-21-17-47-31-41(32-48-18-22-52-36-43)29-45-15-13-14-16-46-30-42-33-49-19-23-53-37-44(38-54-24-20-50-34-42)40-56(27-11-7-3)28-12-8-4/h29-40,47,49H,5-28H2,1-4H3/b41-31-,42-33-,43-39-,44-40+,45-29?,46-30?,48-32?,50-34?,51-35?,52-36?,53-37?,54-38?. The Balaban J connectivity index is 1.81. The highest BCUT2D eigenvalue weighted by Crippen LogP contribution is 2.05. The predicted octanol–water partition coefficient (Wildman–Crippen LogP) is 6.88. The first-order valence-electron chi connectivity index (χ1n) is 21.5.